The second-order valence-electron chi connectivity index (χ2n) is 6.06. The Balaban J connectivity index is 1.70. The van der Waals surface area contributed by atoms with Crippen molar-refractivity contribution in [2.45, 2.75) is 25.1 Å². The van der Waals surface area contributed by atoms with Gasteiger partial charge in [-0.3, -0.25) is 4.79 Å². The van der Waals surface area contributed by atoms with Crippen LogP contribution in [-0.4, -0.2) is 26.9 Å². The van der Waals surface area contributed by atoms with Gasteiger partial charge >= 0.3 is 0 Å². The Morgan fingerprint density at radius 3 is 2.64 bits per heavy atom. The molecule has 1 N–H and O–H groups in total. The molecule has 0 unspecified atom stereocenters. The van der Waals surface area contributed by atoms with Crippen molar-refractivity contribution >= 4 is 33.2 Å². The summed E-state index contributed by atoms with van der Waals surface area (Å²) in [4.78, 5) is 14.3. The number of hydrogen-bond acceptors (Lipinski definition) is 3. The van der Waals surface area contributed by atoms with Crippen molar-refractivity contribution in [1.29, 1.82) is 0 Å². The third-order valence-corrected chi connectivity index (χ3v) is 5.96. The molecule has 3 rings (SSSR count). The number of rotatable bonds is 5. The highest BCUT2D eigenvalue weighted by Crippen LogP contribution is 2.28. The SMILES string of the molecule is C[C@@H](NS(=O)(=O)Cc1ccccc1Cl)C(=O)N1CCc2ccccc21. The van der Waals surface area contributed by atoms with Gasteiger partial charge in [-0.25, -0.2) is 13.1 Å². The summed E-state index contributed by atoms with van der Waals surface area (Å²) in [5.41, 5.74) is 2.45. The van der Waals surface area contributed by atoms with E-state index in [1.165, 1.54) is 0 Å². The first-order chi connectivity index (χ1) is 11.9. The lowest BCUT2D eigenvalue weighted by Crippen LogP contribution is -2.46. The fourth-order valence-corrected chi connectivity index (χ4v) is 4.65. The number of hydrogen-bond donors (Lipinski definition) is 1. The zero-order valence-corrected chi connectivity index (χ0v) is 15.3. The third-order valence-electron chi connectivity index (χ3n) is 4.18. The van der Waals surface area contributed by atoms with Gasteiger partial charge in [-0.2, -0.15) is 0 Å². The minimum atomic E-state index is -3.69. The molecule has 1 atom stereocenters. The lowest BCUT2D eigenvalue weighted by molar-refractivity contribution is -0.119. The van der Waals surface area contributed by atoms with Crippen LogP contribution in [0.4, 0.5) is 5.69 Å². The van der Waals surface area contributed by atoms with Gasteiger partial charge in [0.25, 0.3) is 0 Å². The number of anilines is 1. The van der Waals surface area contributed by atoms with Crippen molar-refractivity contribution in [3.63, 3.8) is 0 Å². The van der Waals surface area contributed by atoms with E-state index in [0.717, 1.165) is 17.7 Å². The van der Waals surface area contributed by atoms with Gasteiger partial charge in [-0.05, 0) is 36.6 Å². The van der Waals surface area contributed by atoms with Crippen molar-refractivity contribution in [1.82, 2.24) is 4.72 Å². The number of nitrogens with one attached hydrogen (secondary N) is 1. The molecule has 1 amide bonds. The number of carbonyl (C=O) groups excluding carboxylic acids is 1. The summed E-state index contributed by atoms with van der Waals surface area (Å²) in [5.74, 6) is -0.520. The number of fused-ring (bicyclic) bond motifs is 1. The van der Waals surface area contributed by atoms with Crippen LogP contribution >= 0.6 is 11.6 Å². The highest BCUT2D eigenvalue weighted by Gasteiger charge is 2.30. The Bertz CT molecular complexity index is 899. The third kappa shape index (κ3) is 4.03. The molecule has 1 heterocycles. The average Bonchev–Trinajstić information content (AvgIpc) is 2.99. The lowest BCUT2D eigenvalue weighted by Gasteiger charge is -2.22. The molecule has 0 radical (unpaired) electrons. The summed E-state index contributed by atoms with van der Waals surface area (Å²) in [6.45, 7) is 2.13. The number of halogens is 1. The van der Waals surface area contributed by atoms with E-state index in [4.69, 9.17) is 11.6 Å². The zero-order chi connectivity index (χ0) is 18.0. The first-order valence-electron chi connectivity index (χ1n) is 8.00. The van der Waals surface area contributed by atoms with E-state index < -0.39 is 16.1 Å². The maximum Gasteiger partial charge on any atom is 0.244 e. The molecule has 1 aliphatic rings. The molecule has 0 fully saturated rings. The van der Waals surface area contributed by atoms with Crippen LogP contribution in [0.15, 0.2) is 48.5 Å². The van der Waals surface area contributed by atoms with E-state index in [0.29, 0.717) is 17.1 Å². The van der Waals surface area contributed by atoms with Crippen molar-refractivity contribution in [2.75, 3.05) is 11.4 Å². The predicted molar refractivity (Wildman–Crippen MR) is 99.2 cm³/mol. The largest absolute Gasteiger partial charge is 0.310 e. The Morgan fingerprint density at radius 2 is 1.88 bits per heavy atom. The maximum absolute atomic E-state index is 12.7. The number of amides is 1. The molecule has 2 aromatic rings. The van der Waals surface area contributed by atoms with Crippen molar-refractivity contribution in [3.05, 3.63) is 64.7 Å². The number of carbonyl (C=O) groups is 1. The molecule has 25 heavy (non-hydrogen) atoms. The molecule has 0 saturated carbocycles. The fraction of sp³-hybridized carbons (Fsp3) is 0.278. The first kappa shape index (κ1) is 17.9. The van der Waals surface area contributed by atoms with Gasteiger partial charge in [0, 0.05) is 17.3 Å². The van der Waals surface area contributed by atoms with Crippen molar-refractivity contribution < 1.29 is 13.2 Å². The van der Waals surface area contributed by atoms with Gasteiger partial charge in [-0.15, -0.1) is 0 Å². The fourth-order valence-electron chi connectivity index (χ4n) is 2.98. The summed E-state index contributed by atoms with van der Waals surface area (Å²) >= 11 is 6.02. The summed E-state index contributed by atoms with van der Waals surface area (Å²) in [6, 6.07) is 13.6. The highest BCUT2D eigenvalue weighted by molar-refractivity contribution is 7.88. The maximum atomic E-state index is 12.7. The van der Waals surface area contributed by atoms with Crippen molar-refractivity contribution in [3.8, 4) is 0 Å². The minimum Gasteiger partial charge on any atom is -0.310 e. The van der Waals surface area contributed by atoms with Gasteiger partial charge in [-0.1, -0.05) is 48.0 Å². The van der Waals surface area contributed by atoms with E-state index in [1.807, 2.05) is 24.3 Å². The van der Waals surface area contributed by atoms with Crippen LogP contribution in [0.3, 0.4) is 0 Å². The molecular formula is C18H19ClN2O3S. The van der Waals surface area contributed by atoms with E-state index in [2.05, 4.69) is 4.72 Å². The standard InChI is InChI=1S/C18H19ClN2O3S/c1-13(18(22)21-11-10-14-6-3-5-9-17(14)21)20-25(23,24)12-15-7-2-4-8-16(15)19/h2-9,13,20H,10-12H2,1H3/t13-/m1/s1. The first-order valence-corrected chi connectivity index (χ1v) is 10.0. The second kappa shape index (κ2) is 7.15. The van der Waals surface area contributed by atoms with Crippen LogP contribution in [0.5, 0.6) is 0 Å². The molecule has 7 heteroatoms. The van der Waals surface area contributed by atoms with Crippen LogP contribution in [-0.2, 0) is 27.0 Å². The van der Waals surface area contributed by atoms with Crippen LogP contribution in [0.25, 0.3) is 0 Å². The van der Waals surface area contributed by atoms with Gasteiger partial charge in [0.15, 0.2) is 0 Å². The summed E-state index contributed by atoms with van der Waals surface area (Å²) in [7, 11) is -3.69. The zero-order valence-electron chi connectivity index (χ0n) is 13.8. The number of para-hydroxylation sites is 1. The minimum absolute atomic E-state index is 0.257. The highest BCUT2D eigenvalue weighted by atomic mass is 35.5. The molecule has 132 valence electrons. The van der Waals surface area contributed by atoms with E-state index in [1.54, 1.807) is 36.1 Å². The molecule has 0 aliphatic carbocycles. The number of sulfonamides is 1. The number of benzene rings is 2. The van der Waals surface area contributed by atoms with Gasteiger partial charge < -0.3 is 4.90 Å². The smallest absolute Gasteiger partial charge is 0.244 e. The quantitative estimate of drug-likeness (QED) is 0.869. The molecular weight excluding hydrogens is 360 g/mol. The van der Waals surface area contributed by atoms with E-state index in [9.17, 15) is 13.2 Å². The number of nitrogens with zero attached hydrogens (tertiary/aromatic N) is 1. The molecule has 0 bridgehead atoms. The molecule has 5 nitrogen and oxygen atoms in total. The van der Waals surface area contributed by atoms with Crippen LogP contribution in [0, 0.1) is 0 Å². The lowest BCUT2D eigenvalue weighted by atomic mass is 10.2. The van der Waals surface area contributed by atoms with E-state index in [-0.39, 0.29) is 11.7 Å². The van der Waals surface area contributed by atoms with Crippen LogP contribution in [0.2, 0.25) is 5.02 Å². The van der Waals surface area contributed by atoms with Gasteiger partial charge in [0.1, 0.15) is 0 Å². The van der Waals surface area contributed by atoms with E-state index >= 15 is 0 Å². The van der Waals surface area contributed by atoms with Crippen LogP contribution < -0.4 is 9.62 Å². The Morgan fingerprint density at radius 1 is 1.20 bits per heavy atom. The monoisotopic (exact) mass is 378 g/mol. The van der Waals surface area contributed by atoms with Crippen LogP contribution in [0.1, 0.15) is 18.1 Å². The van der Waals surface area contributed by atoms with Crippen molar-refractivity contribution in [2.24, 2.45) is 0 Å². The summed E-state index contributed by atoms with van der Waals surface area (Å²) < 4.78 is 27.2. The Hall–Kier alpha value is -1.89. The second-order valence-corrected chi connectivity index (χ2v) is 8.22. The molecule has 0 spiro atoms. The predicted octanol–water partition coefficient (Wildman–Crippen LogP) is 2.74. The molecule has 0 aromatic heterocycles. The summed E-state index contributed by atoms with van der Waals surface area (Å²) in [6.07, 6.45) is 0.779. The Labute approximate surface area is 152 Å². The molecule has 0 saturated heterocycles. The average molecular weight is 379 g/mol. The Kier molecular flexibility index (Phi) is 5.13. The molecule has 1 aliphatic heterocycles. The molecule has 2 aromatic carbocycles. The normalized spacial score (nSPS) is 15.0. The van der Waals surface area contributed by atoms with Gasteiger partial charge in [0.2, 0.25) is 15.9 Å². The van der Waals surface area contributed by atoms with Gasteiger partial charge in [0.05, 0.1) is 11.8 Å². The summed E-state index contributed by atoms with van der Waals surface area (Å²) in [5, 5.41) is 0.389. The topological polar surface area (TPSA) is 66.5 Å².